The summed E-state index contributed by atoms with van der Waals surface area (Å²) in [6, 6.07) is 19.0. The third kappa shape index (κ3) is 4.62. The predicted molar refractivity (Wildman–Crippen MR) is 121 cm³/mol. The average molecular weight is 435 g/mol. The molecule has 0 aliphatic heterocycles. The largest absolute Gasteiger partial charge is 0.493 e. The molecule has 4 aromatic rings. The van der Waals surface area contributed by atoms with E-state index in [0.717, 1.165) is 16.8 Å². The lowest BCUT2D eigenvalue weighted by atomic mass is 10.1. The number of nitrogens with zero attached hydrogens (tertiary/aromatic N) is 2. The van der Waals surface area contributed by atoms with Crippen molar-refractivity contribution in [2.75, 3.05) is 25.7 Å². The second-order valence-corrected chi connectivity index (χ2v) is 7.59. The Labute approximate surface area is 184 Å². The molecule has 6 nitrogen and oxygen atoms in total. The van der Waals surface area contributed by atoms with Gasteiger partial charge in [0.25, 0.3) is 5.91 Å². The highest BCUT2D eigenvalue weighted by atomic mass is 32.1. The van der Waals surface area contributed by atoms with Gasteiger partial charge in [-0.3, -0.25) is 9.69 Å². The second-order valence-electron chi connectivity index (χ2n) is 6.75. The van der Waals surface area contributed by atoms with Crippen LogP contribution in [0.4, 0.5) is 5.13 Å². The maximum atomic E-state index is 13.2. The van der Waals surface area contributed by atoms with E-state index in [1.807, 2.05) is 53.9 Å². The molecule has 4 rings (SSSR count). The van der Waals surface area contributed by atoms with Crippen molar-refractivity contribution >= 4 is 22.4 Å². The van der Waals surface area contributed by atoms with Gasteiger partial charge in [-0.25, -0.2) is 4.98 Å². The molecule has 0 fully saturated rings. The molecule has 0 aliphatic rings. The quantitative estimate of drug-likeness (QED) is 0.376. The van der Waals surface area contributed by atoms with Crippen LogP contribution >= 0.6 is 11.3 Å². The fraction of sp³-hybridized carbons (Fsp3) is 0.167. The van der Waals surface area contributed by atoms with Crippen molar-refractivity contribution in [1.82, 2.24) is 4.98 Å². The lowest BCUT2D eigenvalue weighted by Crippen LogP contribution is -2.32. The van der Waals surface area contributed by atoms with E-state index < -0.39 is 0 Å². The van der Waals surface area contributed by atoms with E-state index in [9.17, 15) is 4.79 Å². The SMILES string of the molecule is COc1ccc(CCN(C(=O)c2ccco2)c2nc(-c3ccccc3)cs2)cc1OC. The summed E-state index contributed by atoms with van der Waals surface area (Å²) in [7, 11) is 3.21. The van der Waals surface area contributed by atoms with Crippen LogP contribution in [0.1, 0.15) is 16.1 Å². The summed E-state index contributed by atoms with van der Waals surface area (Å²) in [4.78, 5) is 19.5. The van der Waals surface area contributed by atoms with Gasteiger partial charge in [-0.05, 0) is 36.2 Å². The Morgan fingerprint density at radius 1 is 1.03 bits per heavy atom. The minimum absolute atomic E-state index is 0.223. The van der Waals surface area contributed by atoms with Crippen LogP contribution in [0.2, 0.25) is 0 Å². The first kappa shape index (κ1) is 20.7. The third-order valence-corrected chi connectivity index (χ3v) is 5.71. The molecule has 1 amide bonds. The van der Waals surface area contributed by atoms with Gasteiger partial charge >= 0.3 is 0 Å². The Bertz CT molecular complexity index is 1140. The van der Waals surface area contributed by atoms with Gasteiger partial charge < -0.3 is 13.9 Å². The third-order valence-electron chi connectivity index (χ3n) is 4.84. The molecule has 2 heterocycles. The number of hydrogen-bond acceptors (Lipinski definition) is 6. The summed E-state index contributed by atoms with van der Waals surface area (Å²) in [5, 5.41) is 2.59. The Balaban J connectivity index is 1.60. The van der Waals surface area contributed by atoms with Crippen molar-refractivity contribution in [3.05, 3.63) is 83.6 Å². The highest BCUT2D eigenvalue weighted by Crippen LogP contribution is 2.30. The lowest BCUT2D eigenvalue weighted by molar-refractivity contribution is 0.0960. The maximum Gasteiger partial charge on any atom is 0.295 e. The molecule has 0 radical (unpaired) electrons. The molecule has 0 saturated heterocycles. The van der Waals surface area contributed by atoms with Crippen LogP contribution in [-0.2, 0) is 6.42 Å². The van der Waals surface area contributed by atoms with Crippen molar-refractivity contribution < 1.29 is 18.7 Å². The van der Waals surface area contributed by atoms with Gasteiger partial charge in [0.15, 0.2) is 22.4 Å². The smallest absolute Gasteiger partial charge is 0.295 e. The summed E-state index contributed by atoms with van der Waals surface area (Å²) in [5.74, 6) is 1.38. The first-order valence-electron chi connectivity index (χ1n) is 9.77. The number of furan rings is 1. The van der Waals surface area contributed by atoms with Gasteiger partial charge in [-0.15, -0.1) is 11.3 Å². The number of hydrogen-bond donors (Lipinski definition) is 0. The summed E-state index contributed by atoms with van der Waals surface area (Å²) in [6.07, 6.45) is 2.12. The maximum absolute atomic E-state index is 13.2. The fourth-order valence-corrected chi connectivity index (χ4v) is 4.08. The number of carbonyl (C=O) groups excluding carboxylic acids is 1. The molecule has 158 valence electrons. The average Bonchev–Trinajstić information content (AvgIpc) is 3.52. The van der Waals surface area contributed by atoms with Gasteiger partial charge in [-0.1, -0.05) is 36.4 Å². The van der Waals surface area contributed by atoms with Gasteiger partial charge in [0.05, 0.1) is 26.2 Å². The molecule has 0 N–H and O–H groups in total. The van der Waals surface area contributed by atoms with Crippen LogP contribution in [0.5, 0.6) is 11.5 Å². The molecule has 2 aromatic heterocycles. The van der Waals surface area contributed by atoms with E-state index in [4.69, 9.17) is 18.9 Å². The van der Waals surface area contributed by atoms with E-state index in [2.05, 4.69) is 0 Å². The topological polar surface area (TPSA) is 64.8 Å². The Kier molecular flexibility index (Phi) is 6.33. The first-order valence-corrected chi connectivity index (χ1v) is 10.6. The van der Waals surface area contributed by atoms with Gasteiger partial charge in [-0.2, -0.15) is 0 Å². The molecule has 0 saturated carbocycles. The highest BCUT2D eigenvalue weighted by molar-refractivity contribution is 7.14. The lowest BCUT2D eigenvalue weighted by Gasteiger charge is -2.19. The van der Waals surface area contributed by atoms with Crippen LogP contribution in [0.3, 0.4) is 0 Å². The van der Waals surface area contributed by atoms with E-state index in [1.165, 1.54) is 17.6 Å². The van der Waals surface area contributed by atoms with Crippen molar-refractivity contribution in [1.29, 1.82) is 0 Å². The highest BCUT2D eigenvalue weighted by Gasteiger charge is 2.23. The monoisotopic (exact) mass is 434 g/mol. The van der Waals surface area contributed by atoms with Crippen LogP contribution < -0.4 is 14.4 Å². The van der Waals surface area contributed by atoms with Crippen molar-refractivity contribution in [3.63, 3.8) is 0 Å². The van der Waals surface area contributed by atoms with Crippen molar-refractivity contribution in [2.24, 2.45) is 0 Å². The number of rotatable bonds is 8. The van der Waals surface area contributed by atoms with E-state index in [-0.39, 0.29) is 11.7 Å². The molecule has 31 heavy (non-hydrogen) atoms. The molecule has 0 aliphatic carbocycles. The Morgan fingerprint density at radius 3 is 2.55 bits per heavy atom. The number of methoxy groups -OCH3 is 2. The summed E-state index contributed by atoms with van der Waals surface area (Å²) in [5.41, 5.74) is 2.87. The van der Waals surface area contributed by atoms with Gasteiger partial charge in [0, 0.05) is 17.5 Å². The fourth-order valence-electron chi connectivity index (χ4n) is 3.22. The number of thiazole rings is 1. The zero-order valence-corrected chi connectivity index (χ0v) is 18.1. The minimum atomic E-state index is -0.223. The zero-order chi connectivity index (χ0) is 21.6. The number of ether oxygens (including phenoxy) is 2. The predicted octanol–water partition coefficient (Wildman–Crippen LogP) is 5.31. The Hall–Kier alpha value is -3.58. The molecule has 0 atom stereocenters. The van der Waals surface area contributed by atoms with E-state index >= 15 is 0 Å². The number of carbonyl (C=O) groups is 1. The summed E-state index contributed by atoms with van der Waals surface area (Å²) >= 11 is 1.43. The second kappa shape index (κ2) is 9.49. The number of amides is 1. The Morgan fingerprint density at radius 2 is 1.84 bits per heavy atom. The molecular formula is C24H22N2O4S. The molecule has 2 aromatic carbocycles. The van der Waals surface area contributed by atoms with Gasteiger partial charge in [0.2, 0.25) is 0 Å². The van der Waals surface area contributed by atoms with E-state index in [0.29, 0.717) is 29.6 Å². The normalized spacial score (nSPS) is 10.6. The molecule has 0 spiro atoms. The number of anilines is 1. The van der Waals surface area contributed by atoms with Gasteiger partial charge in [0.1, 0.15) is 0 Å². The van der Waals surface area contributed by atoms with E-state index in [1.54, 1.807) is 31.3 Å². The zero-order valence-electron chi connectivity index (χ0n) is 17.3. The molecular weight excluding hydrogens is 412 g/mol. The summed E-state index contributed by atoms with van der Waals surface area (Å²) < 4.78 is 16.1. The van der Waals surface area contributed by atoms with Crippen LogP contribution in [-0.4, -0.2) is 31.7 Å². The number of benzene rings is 2. The van der Waals surface area contributed by atoms with Crippen molar-refractivity contribution in [3.8, 4) is 22.8 Å². The summed E-state index contributed by atoms with van der Waals surface area (Å²) in [6.45, 7) is 0.441. The van der Waals surface area contributed by atoms with Crippen LogP contribution in [0.25, 0.3) is 11.3 Å². The molecule has 7 heteroatoms. The van der Waals surface area contributed by atoms with Crippen molar-refractivity contribution in [2.45, 2.75) is 6.42 Å². The number of aromatic nitrogens is 1. The minimum Gasteiger partial charge on any atom is -0.493 e. The first-order chi connectivity index (χ1) is 15.2. The molecule has 0 bridgehead atoms. The van der Waals surface area contributed by atoms with Crippen LogP contribution in [0.15, 0.2) is 76.7 Å². The standard InChI is InChI=1S/C24H22N2O4S/c1-28-20-11-10-17(15-22(20)29-2)12-13-26(23(27)21-9-6-14-30-21)24-25-19(16-31-24)18-7-4-3-5-8-18/h3-11,14-16H,12-13H2,1-2H3. The molecule has 0 unspecified atom stereocenters. The van der Waals surface area contributed by atoms with Crippen LogP contribution in [0, 0.1) is 0 Å².